The first-order valence-electron chi connectivity index (χ1n) is 5.71. The van der Waals surface area contributed by atoms with E-state index in [1.165, 1.54) is 17.3 Å². The highest BCUT2D eigenvalue weighted by atomic mass is 79.9. The molecule has 2 heterocycles. The highest BCUT2D eigenvalue weighted by Gasteiger charge is 2.35. The lowest BCUT2D eigenvalue weighted by Gasteiger charge is -2.13. The van der Waals surface area contributed by atoms with Crippen LogP contribution >= 0.6 is 15.9 Å². The monoisotopic (exact) mass is 316 g/mol. The average Bonchev–Trinajstić information content (AvgIpc) is 2.65. The van der Waals surface area contributed by atoms with Crippen molar-refractivity contribution < 1.29 is 9.59 Å². The Kier molecular flexibility index (Phi) is 2.91. The highest BCUT2D eigenvalue weighted by molar-refractivity contribution is 9.10. The summed E-state index contributed by atoms with van der Waals surface area (Å²) in [6.07, 6.45) is 2.96. The predicted molar refractivity (Wildman–Crippen MR) is 72.6 cm³/mol. The van der Waals surface area contributed by atoms with Crippen LogP contribution in [-0.2, 0) is 6.54 Å². The number of pyridine rings is 1. The molecule has 1 aliphatic heterocycles. The van der Waals surface area contributed by atoms with Crippen molar-refractivity contribution >= 4 is 27.7 Å². The largest absolute Gasteiger partial charge is 0.270 e. The molecule has 0 fully saturated rings. The maximum absolute atomic E-state index is 12.2. The van der Waals surface area contributed by atoms with Crippen molar-refractivity contribution in [3.8, 4) is 0 Å². The minimum atomic E-state index is -0.284. The number of carbonyl (C=O) groups is 2. The number of amides is 2. The third-order valence-electron chi connectivity index (χ3n) is 3.00. The number of hydrogen-bond acceptors (Lipinski definition) is 3. The number of benzene rings is 1. The molecule has 1 aromatic heterocycles. The molecule has 94 valence electrons. The number of halogens is 1. The van der Waals surface area contributed by atoms with Gasteiger partial charge in [0.1, 0.15) is 0 Å². The van der Waals surface area contributed by atoms with Crippen LogP contribution in [-0.4, -0.2) is 21.7 Å². The number of hydrogen-bond donors (Lipinski definition) is 0. The van der Waals surface area contributed by atoms with E-state index < -0.39 is 0 Å². The fraction of sp³-hybridized carbons (Fsp3) is 0.0714. The maximum atomic E-state index is 12.2. The van der Waals surface area contributed by atoms with Crippen LogP contribution in [0.1, 0.15) is 26.3 Å². The van der Waals surface area contributed by atoms with Crippen molar-refractivity contribution in [3.63, 3.8) is 0 Å². The molecule has 5 heteroatoms. The van der Waals surface area contributed by atoms with Gasteiger partial charge in [-0.2, -0.15) is 0 Å². The van der Waals surface area contributed by atoms with E-state index in [0.717, 1.165) is 10.0 Å². The van der Waals surface area contributed by atoms with Crippen molar-refractivity contribution in [2.24, 2.45) is 0 Å². The lowest BCUT2D eigenvalue weighted by atomic mass is 10.2. The fourth-order valence-electron chi connectivity index (χ4n) is 2.10. The van der Waals surface area contributed by atoms with Crippen molar-refractivity contribution in [2.75, 3.05) is 0 Å². The second-order valence-electron chi connectivity index (χ2n) is 4.25. The number of nitrogens with zero attached hydrogens (tertiary/aromatic N) is 2. The summed E-state index contributed by atoms with van der Waals surface area (Å²) >= 11 is 3.37. The normalized spacial score (nSPS) is 13.8. The van der Waals surface area contributed by atoms with E-state index in [4.69, 9.17) is 0 Å². The smallest absolute Gasteiger partial charge is 0.263 e. The molecule has 0 spiro atoms. The fourth-order valence-corrected chi connectivity index (χ4v) is 2.54. The molecule has 19 heavy (non-hydrogen) atoms. The van der Waals surface area contributed by atoms with Gasteiger partial charge in [-0.05, 0) is 23.8 Å². The van der Waals surface area contributed by atoms with E-state index >= 15 is 0 Å². The quantitative estimate of drug-likeness (QED) is 0.800. The van der Waals surface area contributed by atoms with Crippen molar-refractivity contribution in [3.05, 3.63) is 63.9 Å². The second kappa shape index (κ2) is 4.59. The summed E-state index contributed by atoms with van der Waals surface area (Å²) in [6.45, 7) is 0.270. The van der Waals surface area contributed by atoms with Gasteiger partial charge in [0.05, 0.1) is 17.7 Å². The summed E-state index contributed by atoms with van der Waals surface area (Å²) in [6, 6.07) is 9.12. The zero-order chi connectivity index (χ0) is 13.4. The first-order valence-corrected chi connectivity index (χ1v) is 6.51. The standard InChI is InChI=1S/C14H9BrN2O2/c15-10-3-1-2-9(6-10)8-17-13(18)11-4-5-16-7-12(11)14(17)19/h1-7H,8H2. The van der Waals surface area contributed by atoms with Crippen molar-refractivity contribution in [2.45, 2.75) is 6.54 Å². The Hall–Kier alpha value is -2.01. The highest BCUT2D eigenvalue weighted by Crippen LogP contribution is 2.24. The minimum Gasteiger partial charge on any atom is -0.270 e. The second-order valence-corrected chi connectivity index (χ2v) is 5.16. The molecule has 2 aromatic rings. The Balaban J connectivity index is 1.92. The van der Waals surface area contributed by atoms with Crippen LogP contribution in [0.4, 0.5) is 0 Å². The molecule has 0 N–H and O–H groups in total. The van der Waals surface area contributed by atoms with Crippen molar-refractivity contribution in [1.82, 2.24) is 9.88 Å². The number of fused-ring (bicyclic) bond motifs is 1. The molecule has 0 saturated carbocycles. The van der Waals surface area contributed by atoms with Crippen LogP contribution in [0, 0.1) is 0 Å². The van der Waals surface area contributed by atoms with Gasteiger partial charge >= 0.3 is 0 Å². The van der Waals surface area contributed by atoms with Gasteiger partial charge in [-0.25, -0.2) is 0 Å². The van der Waals surface area contributed by atoms with Crippen molar-refractivity contribution in [1.29, 1.82) is 0 Å². The lowest BCUT2D eigenvalue weighted by Crippen LogP contribution is -2.29. The molecule has 0 unspecified atom stereocenters. The Morgan fingerprint density at radius 3 is 2.63 bits per heavy atom. The molecule has 1 aromatic carbocycles. The summed E-state index contributed by atoms with van der Waals surface area (Å²) < 4.78 is 0.920. The zero-order valence-electron chi connectivity index (χ0n) is 9.84. The van der Waals surface area contributed by atoms with Crippen LogP contribution in [0.3, 0.4) is 0 Å². The molecule has 1 aliphatic rings. The SMILES string of the molecule is O=C1c2ccncc2C(=O)N1Cc1cccc(Br)c1. The van der Waals surface area contributed by atoms with Gasteiger partial charge in [-0.3, -0.25) is 19.5 Å². The van der Waals surface area contributed by atoms with Gasteiger partial charge in [0, 0.05) is 16.9 Å². The summed E-state index contributed by atoms with van der Waals surface area (Å²) in [5.74, 6) is -0.546. The zero-order valence-corrected chi connectivity index (χ0v) is 11.4. The first kappa shape index (κ1) is 12.0. The molecule has 3 rings (SSSR count). The molecular weight excluding hydrogens is 308 g/mol. The third kappa shape index (κ3) is 2.06. The van der Waals surface area contributed by atoms with Gasteiger partial charge in [-0.15, -0.1) is 0 Å². The number of aromatic nitrogens is 1. The summed E-state index contributed by atoms with van der Waals surface area (Å²) in [7, 11) is 0. The molecule has 0 saturated heterocycles. The number of rotatable bonds is 2. The molecule has 0 atom stereocenters. The topological polar surface area (TPSA) is 50.3 Å². The van der Waals surface area contributed by atoms with Gasteiger partial charge < -0.3 is 0 Å². The minimum absolute atomic E-state index is 0.262. The van der Waals surface area contributed by atoms with Crippen LogP contribution in [0.25, 0.3) is 0 Å². The van der Waals surface area contributed by atoms with E-state index in [1.807, 2.05) is 24.3 Å². The van der Waals surface area contributed by atoms with E-state index in [1.54, 1.807) is 6.07 Å². The van der Waals surface area contributed by atoms with Gasteiger partial charge in [0.2, 0.25) is 0 Å². The summed E-state index contributed by atoms with van der Waals surface area (Å²) in [4.78, 5) is 29.4. The first-order chi connectivity index (χ1) is 9.16. The van der Waals surface area contributed by atoms with Gasteiger partial charge in [0.15, 0.2) is 0 Å². The summed E-state index contributed by atoms with van der Waals surface area (Å²) in [5.41, 5.74) is 1.70. The molecule has 4 nitrogen and oxygen atoms in total. The third-order valence-corrected chi connectivity index (χ3v) is 3.50. The van der Waals surface area contributed by atoms with Crippen LogP contribution in [0.15, 0.2) is 47.2 Å². The van der Waals surface area contributed by atoms with Crippen LogP contribution in [0.5, 0.6) is 0 Å². The van der Waals surface area contributed by atoms with Crippen LogP contribution < -0.4 is 0 Å². The molecular formula is C14H9BrN2O2. The Bertz CT molecular complexity index is 650. The Labute approximate surface area is 118 Å². The summed E-state index contributed by atoms with van der Waals surface area (Å²) in [5, 5.41) is 0. The maximum Gasteiger partial charge on any atom is 0.263 e. The lowest BCUT2D eigenvalue weighted by molar-refractivity contribution is 0.0642. The number of carbonyl (C=O) groups excluding carboxylic acids is 2. The van der Waals surface area contributed by atoms with E-state index in [-0.39, 0.29) is 18.4 Å². The molecule has 0 bridgehead atoms. The number of imide groups is 1. The predicted octanol–water partition coefficient (Wildman–Crippen LogP) is 2.64. The van der Waals surface area contributed by atoms with Crippen LogP contribution in [0.2, 0.25) is 0 Å². The van der Waals surface area contributed by atoms with Gasteiger partial charge in [0.25, 0.3) is 11.8 Å². The Morgan fingerprint density at radius 1 is 1.11 bits per heavy atom. The Morgan fingerprint density at radius 2 is 1.89 bits per heavy atom. The average molecular weight is 317 g/mol. The van der Waals surface area contributed by atoms with E-state index in [0.29, 0.717) is 11.1 Å². The molecule has 0 aliphatic carbocycles. The van der Waals surface area contributed by atoms with E-state index in [2.05, 4.69) is 20.9 Å². The van der Waals surface area contributed by atoms with Gasteiger partial charge in [-0.1, -0.05) is 28.1 Å². The molecule has 0 radical (unpaired) electrons. The molecule has 2 amide bonds. The van der Waals surface area contributed by atoms with E-state index in [9.17, 15) is 9.59 Å².